The number of aromatic nitrogens is 1. The largest absolute Gasteiger partial charge is 0.416 e. The van der Waals surface area contributed by atoms with E-state index in [1.807, 2.05) is 6.07 Å². The van der Waals surface area contributed by atoms with Gasteiger partial charge in [-0.05, 0) is 36.2 Å². The van der Waals surface area contributed by atoms with Crippen molar-refractivity contribution in [3.8, 4) is 0 Å². The summed E-state index contributed by atoms with van der Waals surface area (Å²) >= 11 is 0. The van der Waals surface area contributed by atoms with E-state index in [9.17, 15) is 4.79 Å². The quantitative estimate of drug-likeness (QED) is 0.604. The van der Waals surface area contributed by atoms with Gasteiger partial charge >= 0.3 is 0 Å². The molecule has 3 nitrogen and oxygen atoms in total. The van der Waals surface area contributed by atoms with Crippen molar-refractivity contribution in [1.82, 2.24) is 4.98 Å². The van der Waals surface area contributed by atoms with E-state index in [0.717, 1.165) is 24.9 Å². The van der Waals surface area contributed by atoms with Crippen LogP contribution in [0.5, 0.6) is 0 Å². The molecule has 0 amide bonds. The summed E-state index contributed by atoms with van der Waals surface area (Å²) in [5.74, 6) is 0. The monoisotopic (exact) mass is 265 g/mol. The van der Waals surface area contributed by atoms with Gasteiger partial charge in [-0.15, -0.1) is 0 Å². The van der Waals surface area contributed by atoms with E-state index in [2.05, 4.69) is 38.8 Å². The second-order valence-corrected chi connectivity index (χ2v) is 10.9. The number of aldehydes is 1. The van der Waals surface area contributed by atoms with Crippen LogP contribution in [0.4, 0.5) is 0 Å². The third kappa shape index (κ3) is 4.03. The SMILES string of the molecule is CC(C)(C)[Si](C)(C)OCCc1ccc(C=O)nc1. The Balaban J connectivity index is 2.48. The van der Waals surface area contributed by atoms with Crippen LogP contribution in [0.15, 0.2) is 18.3 Å². The van der Waals surface area contributed by atoms with Crippen LogP contribution in [0.3, 0.4) is 0 Å². The summed E-state index contributed by atoms with van der Waals surface area (Å²) in [6, 6.07) is 3.68. The summed E-state index contributed by atoms with van der Waals surface area (Å²) in [4.78, 5) is 14.5. The molecule has 0 spiro atoms. The maximum Gasteiger partial charge on any atom is 0.191 e. The van der Waals surface area contributed by atoms with Crippen molar-refractivity contribution in [2.45, 2.75) is 45.3 Å². The molecule has 100 valence electrons. The Hall–Kier alpha value is -1.00. The molecule has 0 aromatic carbocycles. The van der Waals surface area contributed by atoms with Crippen molar-refractivity contribution in [1.29, 1.82) is 0 Å². The molecule has 1 aromatic heterocycles. The highest BCUT2D eigenvalue weighted by atomic mass is 28.4. The van der Waals surface area contributed by atoms with Crippen LogP contribution in [0.2, 0.25) is 18.1 Å². The maximum absolute atomic E-state index is 10.5. The lowest BCUT2D eigenvalue weighted by Crippen LogP contribution is -2.41. The molecule has 0 saturated carbocycles. The molecule has 1 heterocycles. The normalized spacial score (nSPS) is 12.5. The highest BCUT2D eigenvalue weighted by Gasteiger charge is 2.36. The van der Waals surface area contributed by atoms with E-state index < -0.39 is 8.32 Å². The van der Waals surface area contributed by atoms with E-state index >= 15 is 0 Å². The zero-order chi connectivity index (χ0) is 13.8. The van der Waals surface area contributed by atoms with Gasteiger partial charge in [0.25, 0.3) is 0 Å². The van der Waals surface area contributed by atoms with E-state index in [1.54, 1.807) is 12.3 Å². The topological polar surface area (TPSA) is 39.2 Å². The standard InChI is InChI=1S/C14H23NO2Si/c1-14(2,3)18(4,5)17-9-8-12-6-7-13(11-16)15-10-12/h6-7,10-11H,8-9H2,1-5H3. The first-order valence-electron chi connectivity index (χ1n) is 6.30. The maximum atomic E-state index is 10.5. The van der Waals surface area contributed by atoms with Crippen LogP contribution in [-0.4, -0.2) is 26.2 Å². The van der Waals surface area contributed by atoms with Gasteiger partial charge in [0.15, 0.2) is 14.6 Å². The summed E-state index contributed by atoms with van der Waals surface area (Å²) in [7, 11) is -1.65. The number of nitrogens with zero attached hydrogens (tertiary/aromatic N) is 1. The van der Waals surface area contributed by atoms with Gasteiger partial charge in [-0.3, -0.25) is 9.78 Å². The number of pyridine rings is 1. The number of hydrogen-bond acceptors (Lipinski definition) is 3. The summed E-state index contributed by atoms with van der Waals surface area (Å²) in [5.41, 5.74) is 1.59. The molecule has 0 aliphatic rings. The van der Waals surface area contributed by atoms with Gasteiger partial charge in [-0.2, -0.15) is 0 Å². The summed E-state index contributed by atoms with van der Waals surface area (Å²) in [6.07, 6.45) is 3.35. The van der Waals surface area contributed by atoms with Crippen molar-refractivity contribution in [3.63, 3.8) is 0 Å². The molecule has 0 unspecified atom stereocenters. The molecule has 0 saturated heterocycles. The Morgan fingerprint density at radius 3 is 2.44 bits per heavy atom. The average molecular weight is 265 g/mol. The van der Waals surface area contributed by atoms with Gasteiger partial charge in [0.1, 0.15) is 5.69 Å². The van der Waals surface area contributed by atoms with Gasteiger partial charge in [0, 0.05) is 12.8 Å². The smallest absolute Gasteiger partial charge is 0.191 e. The van der Waals surface area contributed by atoms with Crippen LogP contribution >= 0.6 is 0 Å². The first kappa shape index (κ1) is 15.1. The number of carbonyl (C=O) groups excluding carboxylic acids is 1. The number of hydrogen-bond donors (Lipinski definition) is 0. The molecule has 4 heteroatoms. The highest BCUT2D eigenvalue weighted by Crippen LogP contribution is 2.36. The summed E-state index contributed by atoms with van der Waals surface area (Å²) in [5, 5.41) is 0.243. The third-order valence-corrected chi connectivity index (χ3v) is 8.17. The molecule has 0 fully saturated rings. The molecule has 0 atom stereocenters. The zero-order valence-corrected chi connectivity index (χ0v) is 13.0. The predicted octanol–water partition coefficient (Wildman–Crippen LogP) is 3.46. The zero-order valence-electron chi connectivity index (χ0n) is 12.0. The van der Waals surface area contributed by atoms with Crippen LogP contribution in [0.1, 0.15) is 36.8 Å². The minimum absolute atomic E-state index is 0.243. The molecular formula is C14H23NO2Si. The van der Waals surface area contributed by atoms with Crippen molar-refractivity contribution < 1.29 is 9.22 Å². The van der Waals surface area contributed by atoms with Gasteiger partial charge in [-0.25, -0.2) is 0 Å². The second kappa shape index (κ2) is 5.76. The fourth-order valence-corrected chi connectivity index (χ4v) is 2.34. The van der Waals surface area contributed by atoms with E-state index in [-0.39, 0.29) is 5.04 Å². The molecule has 1 rings (SSSR count). The predicted molar refractivity (Wildman–Crippen MR) is 76.5 cm³/mol. The van der Waals surface area contributed by atoms with Gasteiger partial charge in [0.2, 0.25) is 0 Å². The Morgan fingerprint density at radius 1 is 1.33 bits per heavy atom. The summed E-state index contributed by atoms with van der Waals surface area (Å²) in [6.45, 7) is 11.9. The van der Waals surface area contributed by atoms with Crippen molar-refractivity contribution in [2.24, 2.45) is 0 Å². The minimum atomic E-state index is -1.65. The Kier molecular flexibility index (Phi) is 4.82. The molecule has 1 aromatic rings. The first-order valence-corrected chi connectivity index (χ1v) is 9.21. The van der Waals surface area contributed by atoms with Crippen molar-refractivity contribution >= 4 is 14.6 Å². The second-order valence-electron chi connectivity index (χ2n) is 6.07. The van der Waals surface area contributed by atoms with Crippen LogP contribution in [-0.2, 0) is 10.8 Å². The first-order chi connectivity index (χ1) is 8.26. The van der Waals surface area contributed by atoms with E-state index in [4.69, 9.17) is 4.43 Å². The van der Waals surface area contributed by atoms with E-state index in [1.165, 1.54) is 0 Å². The third-order valence-electron chi connectivity index (χ3n) is 3.63. The lowest BCUT2D eigenvalue weighted by Gasteiger charge is -2.36. The fourth-order valence-electron chi connectivity index (χ4n) is 1.29. The molecular weight excluding hydrogens is 242 g/mol. The summed E-state index contributed by atoms with van der Waals surface area (Å²) < 4.78 is 6.10. The minimum Gasteiger partial charge on any atom is -0.416 e. The molecule has 0 N–H and O–H groups in total. The van der Waals surface area contributed by atoms with Gasteiger partial charge < -0.3 is 4.43 Å². The Bertz CT molecular complexity index is 393. The fraction of sp³-hybridized carbons (Fsp3) is 0.571. The molecule has 0 aliphatic carbocycles. The molecule has 18 heavy (non-hydrogen) atoms. The van der Waals surface area contributed by atoms with Crippen molar-refractivity contribution in [3.05, 3.63) is 29.6 Å². The van der Waals surface area contributed by atoms with Crippen LogP contribution in [0.25, 0.3) is 0 Å². The number of carbonyl (C=O) groups is 1. The number of rotatable bonds is 5. The van der Waals surface area contributed by atoms with Gasteiger partial charge in [-0.1, -0.05) is 26.8 Å². The van der Waals surface area contributed by atoms with Crippen molar-refractivity contribution in [2.75, 3.05) is 6.61 Å². The van der Waals surface area contributed by atoms with E-state index in [0.29, 0.717) is 5.69 Å². The average Bonchev–Trinajstić information content (AvgIpc) is 2.28. The molecule has 0 aliphatic heterocycles. The molecule has 0 radical (unpaired) electrons. The van der Waals surface area contributed by atoms with Gasteiger partial charge in [0.05, 0.1) is 0 Å². The lowest BCUT2D eigenvalue weighted by molar-refractivity contribution is 0.111. The van der Waals surface area contributed by atoms with Crippen LogP contribution < -0.4 is 0 Å². The molecule has 0 bridgehead atoms. The highest BCUT2D eigenvalue weighted by molar-refractivity contribution is 6.74. The lowest BCUT2D eigenvalue weighted by atomic mass is 10.2. The van der Waals surface area contributed by atoms with Crippen LogP contribution in [0, 0.1) is 0 Å². The Morgan fingerprint density at radius 2 is 2.00 bits per heavy atom. The Labute approximate surface area is 111 Å².